The molecule has 0 aromatic heterocycles. The molecule has 3 rings (SSSR count). The van der Waals surface area contributed by atoms with Crippen molar-refractivity contribution in [3.05, 3.63) is 40.3 Å². The van der Waals surface area contributed by atoms with Crippen molar-refractivity contribution in [3.63, 3.8) is 0 Å². The fourth-order valence-corrected chi connectivity index (χ4v) is 3.91. The summed E-state index contributed by atoms with van der Waals surface area (Å²) in [5.41, 5.74) is 1.31. The van der Waals surface area contributed by atoms with E-state index >= 15 is 0 Å². The van der Waals surface area contributed by atoms with Crippen molar-refractivity contribution < 1.29 is 19.1 Å². The molecule has 0 bridgehead atoms. The van der Waals surface area contributed by atoms with Gasteiger partial charge in [0.05, 0.1) is 30.2 Å². The van der Waals surface area contributed by atoms with Gasteiger partial charge in [-0.15, -0.1) is 0 Å². The van der Waals surface area contributed by atoms with E-state index in [1.807, 2.05) is 0 Å². The van der Waals surface area contributed by atoms with Crippen LogP contribution in [0.3, 0.4) is 0 Å². The number of thiocarbonyl (C=S) groups is 1. The molecule has 24 heavy (non-hydrogen) atoms. The maximum atomic E-state index is 12.5. The fraction of sp³-hybridized carbons (Fsp3) is 0.353. The SMILES string of the molecule is COC(=O)c1ccc(/C=C2/SC(=S)N(C[C@H]3CCCO3)C2=O)cc1. The van der Waals surface area contributed by atoms with Gasteiger partial charge in [-0.05, 0) is 36.6 Å². The number of benzene rings is 1. The first-order valence-electron chi connectivity index (χ1n) is 7.64. The lowest BCUT2D eigenvalue weighted by Crippen LogP contribution is -2.35. The molecule has 2 aliphatic heterocycles. The zero-order valence-electron chi connectivity index (χ0n) is 13.2. The molecule has 2 saturated heterocycles. The van der Waals surface area contributed by atoms with E-state index in [-0.39, 0.29) is 18.0 Å². The molecule has 5 nitrogen and oxygen atoms in total. The van der Waals surface area contributed by atoms with Gasteiger partial charge in [0, 0.05) is 6.61 Å². The van der Waals surface area contributed by atoms with Crippen LogP contribution in [-0.2, 0) is 14.3 Å². The largest absolute Gasteiger partial charge is 0.465 e. The molecule has 2 heterocycles. The second-order valence-electron chi connectivity index (χ2n) is 5.54. The van der Waals surface area contributed by atoms with Gasteiger partial charge in [0.15, 0.2) is 0 Å². The molecule has 1 atom stereocenters. The minimum atomic E-state index is -0.385. The van der Waals surface area contributed by atoms with Crippen molar-refractivity contribution in [1.29, 1.82) is 0 Å². The second kappa shape index (κ2) is 7.46. The Morgan fingerprint density at radius 3 is 2.83 bits per heavy atom. The van der Waals surface area contributed by atoms with Gasteiger partial charge in [-0.3, -0.25) is 9.69 Å². The number of amides is 1. The molecule has 2 aliphatic rings. The van der Waals surface area contributed by atoms with Crippen LogP contribution in [0.2, 0.25) is 0 Å². The number of hydrogen-bond donors (Lipinski definition) is 0. The first-order chi connectivity index (χ1) is 11.6. The normalized spacial score (nSPS) is 22.5. The Bertz CT molecular complexity index is 693. The number of carbonyl (C=O) groups is 2. The Morgan fingerprint density at radius 1 is 1.46 bits per heavy atom. The third-order valence-corrected chi connectivity index (χ3v) is 5.29. The Kier molecular flexibility index (Phi) is 5.33. The van der Waals surface area contributed by atoms with Crippen LogP contribution in [0.15, 0.2) is 29.2 Å². The minimum absolute atomic E-state index is 0.0752. The van der Waals surface area contributed by atoms with Gasteiger partial charge in [0.1, 0.15) is 4.32 Å². The molecule has 1 aromatic carbocycles. The lowest BCUT2D eigenvalue weighted by atomic mass is 10.1. The van der Waals surface area contributed by atoms with E-state index in [2.05, 4.69) is 4.74 Å². The van der Waals surface area contributed by atoms with Crippen LogP contribution in [0.4, 0.5) is 0 Å². The topological polar surface area (TPSA) is 55.8 Å². The molecule has 7 heteroatoms. The lowest BCUT2D eigenvalue weighted by Gasteiger charge is -2.18. The summed E-state index contributed by atoms with van der Waals surface area (Å²) in [5, 5.41) is 0. The molecule has 0 radical (unpaired) electrons. The smallest absolute Gasteiger partial charge is 0.337 e. The van der Waals surface area contributed by atoms with E-state index in [9.17, 15) is 9.59 Å². The van der Waals surface area contributed by atoms with Crippen LogP contribution in [-0.4, -0.2) is 47.5 Å². The van der Waals surface area contributed by atoms with Crippen molar-refractivity contribution in [2.75, 3.05) is 20.3 Å². The maximum absolute atomic E-state index is 12.5. The molecule has 1 aromatic rings. The molecule has 0 spiro atoms. The molecule has 2 fully saturated rings. The van der Waals surface area contributed by atoms with Crippen molar-refractivity contribution in [1.82, 2.24) is 4.90 Å². The molecule has 0 saturated carbocycles. The Balaban J connectivity index is 1.72. The number of methoxy groups -OCH3 is 1. The monoisotopic (exact) mass is 363 g/mol. The van der Waals surface area contributed by atoms with E-state index in [1.165, 1.54) is 18.9 Å². The van der Waals surface area contributed by atoms with Gasteiger partial charge in [-0.2, -0.15) is 0 Å². The lowest BCUT2D eigenvalue weighted by molar-refractivity contribution is -0.123. The van der Waals surface area contributed by atoms with Crippen molar-refractivity contribution >= 4 is 46.3 Å². The highest BCUT2D eigenvalue weighted by molar-refractivity contribution is 8.26. The molecular weight excluding hydrogens is 346 g/mol. The Hall–Kier alpha value is -1.70. The van der Waals surface area contributed by atoms with Crippen molar-refractivity contribution in [2.24, 2.45) is 0 Å². The predicted molar refractivity (Wildman–Crippen MR) is 96.6 cm³/mol. The summed E-state index contributed by atoms with van der Waals surface area (Å²) in [6.07, 6.45) is 3.86. The standard InChI is InChI=1S/C17H17NO4S2/c1-21-16(20)12-6-4-11(5-7-12)9-14-15(19)18(17(23)24-14)10-13-3-2-8-22-13/h4-7,9,13H,2-3,8,10H2,1H3/b14-9+/t13-/m1/s1. The van der Waals surface area contributed by atoms with Crippen molar-refractivity contribution in [3.8, 4) is 0 Å². The quantitative estimate of drug-likeness (QED) is 0.466. The zero-order chi connectivity index (χ0) is 17.1. The molecule has 0 unspecified atom stereocenters. The van der Waals surface area contributed by atoms with E-state index < -0.39 is 0 Å². The van der Waals surface area contributed by atoms with E-state index in [0.29, 0.717) is 21.3 Å². The summed E-state index contributed by atoms with van der Waals surface area (Å²) in [6, 6.07) is 6.90. The first-order valence-corrected chi connectivity index (χ1v) is 8.86. The summed E-state index contributed by atoms with van der Waals surface area (Å²) < 4.78 is 10.8. The first kappa shape index (κ1) is 17.1. The van der Waals surface area contributed by atoms with Gasteiger partial charge in [0.25, 0.3) is 5.91 Å². The molecular formula is C17H17NO4S2. The number of carbonyl (C=O) groups excluding carboxylic acids is 2. The molecule has 126 valence electrons. The third-order valence-electron chi connectivity index (χ3n) is 3.91. The summed E-state index contributed by atoms with van der Waals surface area (Å²) >= 11 is 6.62. The second-order valence-corrected chi connectivity index (χ2v) is 7.22. The van der Waals surface area contributed by atoms with Crippen LogP contribution in [0.5, 0.6) is 0 Å². The predicted octanol–water partition coefficient (Wildman–Crippen LogP) is 2.85. The summed E-state index contributed by atoms with van der Waals surface area (Å²) in [5.74, 6) is -0.470. The number of esters is 1. The van der Waals surface area contributed by atoms with Crippen LogP contribution in [0, 0.1) is 0 Å². The van der Waals surface area contributed by atoms with Gasteiger partial charge in [-0.25, -0.2) is 4.79 Å². The Labute approximate surface area is 150 Å². The van der Waals surface area contributed by atoms with E-state index in [1.54, 1.807) is 35.2 Å². The number of rotatable bonds is 4. The number of thioether (sulfide) groups is 1. The van der Waals surface area contributed by atoms with E-state index in [4.69, 9.17) is 17.0 Å². The molecule has 1 amide bonds. The third kappa shape index (κ3) is 3.68. The van der Waals surface area contributed by atoms with Crippen LogP contribution >= 0.6 is 24.0 Å². The van der Waals surface area contributed by atoms with Gasteiger partial charge < -0.3 is 9.47 Å². The zero-order valence-corrected chi connectivity index (χ0v) is 14.8. The van der Waals surface area contributed by atoms with Gasteiger partial charge in [0.2, 0.25) is 0 Å². The summed E-state index contributed by atoms with van der Waals surface area (Å²) in [7, 11) is 1.34. The van der Waals surface area contributed by atoms with Gasteiger partial charge in [-0.1, -0.05) is 36.1 Å². The van der Waals surface area contributed by atoms with Crippen LogP contribution < -0.4 is 0 Å². The highest BCUT2D eigenvalue weighted by Crippen LogP contribution is 2.33. The minimum Gasteiger partial charge on any atom is -0.465 e. The van der Waals surface area contributed by atoms with E-state index in [0.717, 1.165) is 25.0 Å². The number of hydrogen-bond acceptors (Lipinski definition) is 6. The fourth-order valence-electron chi connectivity index (χ4n) is 2.63. The Morgan fingerprint density at radius 2 is 2.21 bits per heavy atom. The highest BCUT2D eigenvalue weighted by atomic mass is 32.2. The van der Waals surface area contributed by atoms with Gasteiger partial charge >= 0.3 is 5.97 Å². The molecule has 0 aliphatic carbocycles. The maximum Gasteiger partial charge on any atom is 0.337 e. The average molecular weight is 363 g/mol. The molecule has 0 N–H and O–H groups in total. The van der Waals surface area contributed by atoms with Crippen LogP contribution in [0.25, 0.3) is 6.08 Å². The average Bonchev–Trinajstić information content (AvgIpc) is 3.19. The summed E-state index contributed by atoms with van der Waals surface area (Å²) in [6.45, 7) is 1.27. The number of ether oxygens (including phenoxy) is 2. The number of nitrogens with zero attached hydrogens (tertiary/aromatic N) is 1. The summed E-state index contributed by atoms with van der Waals surface area (Å²) in [4.78, 5) is 26.2. The van der Waals surface area contributed by atoms with Crippen LogP contribution in [0.1, 0.15) is 28.8 Å². The highest BCUT2D eigenvalue weighted by Gasteiger charge is 2.34. The van der Waals surface area contributed by atoms with Crippen molar-refractivity contribution in [2.45, 2.75) is 18.9 Å².